The van der Waals surface area contributed by atoms with E-state index in [0.29, 0.717) is 28.7 Å². The third-order valence-electron chi connectivity index (χ3n) is 4.03. The van der Waals surface area contributed by atoms with Gasteiger partial charge in [0, 0.05) is 29.0 Å². The topological polar surface area (TPSA) is 72.5 Å². The number of nitrogens with zero attached hydrogens (tertiary/aromatic N) is 1. The number of carbonyl (C=O) groups excluding carboxylic acids is 1. The molecule has 27 heavy (non-hydrogen) atoms. The van der Waals surface area contributed by atoms with Crippen LogP contribution < -0.4 is 20.1 Å². The van der Waals surface area contributed by atoms with Crippen LogP contribution in [0.1, 0.15) is 15.9 Å². The fourth-order valence-electron chi connectivity index (χ4n) is 2.66. The average molecular weight is 382 g/mol. The lowest BCUT2D eigenvalue weighted by molar-refractivity contribution is 0.0950. The Hall–Kier alpha value is -3.25. The van der Waals surface area contributed by atoms with Crippen LogP contribution in [0.5, 0.6) is 11.5 Å². The number of fused-ring (bicyclic) bond motifs is 1. The van der Waals surface area contributed by atoms with Gasteiger partial charge in [-0.05, 0) is 54.1 Å². The minimum Gasteiger partial charge on any atom is -0.454 e. The summed E-state index contributed by atoms with van der Waals surface area (Å²) in [6.45, 7) is 0.614. The van der Waals surface area contributed by atoms with E-state index in [1.54, 1.807) is 30.5 Å². The van der Waals surface area contributed by atoms with E-state index < -0.39 is 0 Å². The molecule has 2 heterocycles. The highest BCUT2D eigenvalue weighted by Gasteiger charge is 2.14. The van der Waals surface area contributed by atoms with Gasteiger partial charge in [0.2, 0.25) is 6.79 Å². The highest BCUT2D eigenvalue weighted by molar-refractivity contribution is 6.30. The molecule has 1 aliphatic rings. The highest BCUT2D eigenvalue weighted by Crippen LogP contribution is 2.32. The molecule has 4 rings (SSSR count). The number of hydrogen-bond donors (Lipinski definition) is 2. The van der Waals surface area contributed by atoms with Crippen LogP contribution in [0.25, 0.3) is 0 Å². The Morgan fingerprint density at radius 1 is 1.04 bits per heavy atom. The van der Waals surface area contributed by atoms with Gasteiger partial charge in [-0.2, -0.15) is 0 Å². The third kappa shape index (κ3) is 4.12. The molecule has 0 atom stereocenters. The van der Waals surface area contributed by atoms with Crippen LogP contribution >= 0.6 is 11.6 Å². The lowest BCUT2D eigenvalue weighted by Gasteiger charge is -2.09. The van der Waals surface area contributed by atoms with Gasteiger partial charge in [-0.25, -0.2) is 4.98 Å². The van der Waals surface area contributed by atoms with Crippen LogP contribution in [-0.4, -0.2) is 17.7 Å². The normalized spacial score (nSPS) is 11.9. The van der Waals surface area contributed by atoms with E-state index in [1.807, 2.05) is 30.3 Å². The molecular formula is C20H16ClN3O3. The van der Waals surface area contributed by atoms with E-state index in [2.05, 4.69) is 15.6 Å². The second-order valence-electron chi connectivity index (χ2n) is 5.93. The maximum Gasteiger partial charge on any atom is 0.251 e. The predicted molar refractivity (Wildman–Crippen MR) is 103 cm³/mol. The van der Waals surface area contributed by atoms with Crippen molar-refractivity contribution in [2.75, 3.05) is 12.1 Å². The van der Waals surface area contributed by atoms with Crippen LogP contribution in [-0.2, 0) is 6.54 Å². The van der Waals surface area contributed by atoms with Gasteiger partial charge < -0.3 is 20.1 Å². The summed E-state index contributed by atoms with van der Waals surface area (Å²) >= 11 is 5.89. The molecular weight excluding hydrogens is 366 g/mol. The first kappa shape index (κ1) is 17.2. The molecule has 0 spiro atoms. The van der Waals surface area contributed by atoms with Crippen LogP contribution in [0.2, 0.25) is 5.02 Å². The number of carbonyl (C=O) groups is 1. The van der Waals surface area contributed by atoms with Crippen LogP contribution in [0.15, 0.2) is 60.8 Å². The van der Waals surface area contributed by atoms with Gasteiger partial charge in [0.05, 0.1) is 0 Å². The molecule has 1 amide bonds. The number of pyridine rings is 1. The second-order valence-corrected chi connectivity index (χ2v) is 6.37. The van der Waals surface area contributed by atoms with Crippen molar-refractivity contribution in [3.63, 3.8) is 0 Å². The third-order valence-corrected chi connectivity index (χ3v) is 4.28. The number of amides is 1. The Morgan fingerprint density at radius 2 is 1.85 bits per heavy atom. The lowest BCUT2D eigenvalue weighted by Crippen LogP contribution is -2.22. The molecule has 7 heteroatoms. The fraction of sp³-hybridized carbons (Fsp3) is 0.100. The highest BCUT2D eigenvalue weighted by atomic mass is 35.5. The SMILES string of the molecule is O=C(NCc1ccc2c(c1)OCO2)c1ccnc(Nc2ccc(Cl)cc2)c1. The standard InChI is InChI=1S/C20H16ClN3O3/c21-15-2-4-16(5-3-15)24-19-10-14(7-8-22-19)20(25)23-11-13-1-6-17-18(9-13)27-12-26-17/h1-10H,11-12H2,(H,22,24)(H,23,25). The van der Waals surface area contributed by atoms with Gasteiger partial charge in [-0.15, -0.1) is 0 Å². The Morgan fingerprint density at radius 3 is 2.70 bits per heavy atom. The summed E-state index contributed by atoms with van der Waals surface area (Å²) in [6.07, 6.45) is 1.59. The van der Waals surface area contributed by atoms with Crippen molar-refractivity contribution >= 4 is 29.0 Å². The Balaban J connectivity index is 1.40. The zero-order valence-electron chi connectivity index (χ0n) is 14.2. The summed E-state index contributed by atoms with van der Waals surface area (Å²) in [4.78, 5) is 16.7. The van der Waals surface area contributed by atoms with E-state index in [4.69, 9.17) is 21.1 Å². The van der Waals surface area contributed by atoms with Crippen molar-refractivity contribution < 1.29 is 14.3 Å². The van der Waals surface area contributed by atoms with Crippen molar-refractivity contribution in [1.82, 2.24) is 10.3 Å². The van der Waals surface area contributed by atoms with E-state index in [0.717, 1.165) is 17.0 Å². The van der Waals surface area contributed by atoms with Crippen molar-refractivity contribution in [2.24, 2.45) is 0 Å². The monoisotopic (exact) mass is 381 g/mol. The lowest BCUT2D eigenvalue weighted by atomic mass is 10.2. The number of nitrogens with one attached hydrogen (secondary N) is 2. The van der Waals surface area contributed by atoms with Crippen molar-refractivity contribution in [3.05, 3.63) is 76.9 Å². The molecule has 3 aromatic rings. The summed E-state index contributed by atoms with van der Waals surface area (Å²) in [6, 6.07) is 16.2. The molecule has 136 valence electrons. The van der Waals surface area contributed by atoms with Crippen LogP contribution in [0.3, 0.4) is 0 Å². The van der Waals surface area contributed by atoms with Crippen molar-refractivity contribution in [2.45, 2.75) is 6.54 Å². The largest absolute Gasteiger partial charge is 0.454 e. The molecule has 6 nitrogen and oxygen atoms in total. The first-order valence-electron chi connectivity index (χ1n) is 8.33. The van der Waals surface area contributed by atoms with E-state index in [1.165, 1.54) is 0 Å². The molecule has 1 aliphatic heterocycles. The van der Waals surface area contributed by atoms with Crippen LogP contribution in [0, 0.1) is 0 Å². The quantitative estimate of drug-likeness (QED) is 0.695. The Labute approximate surface area is 161 Å². The number of hydrogen-bond acceptors (Lipinski definition) is 5. The van der Waals surface area contributed by atoms with Gasteiger partial charge in [0.25, 0.3) is 5.91 Å². The number of ether oxygens (including phenoxy) is 2. The van der Waals surface area contributed by atoms with Crippen molar-refractivity contribution in [3.8, 4) is 11.5 Å². The molecule has 1 aromatic heterocycles. The smallest absolute Gasteiger partial charge is 0.251 e. The van der Waals surface area contributed by atoms with E-state index >= 15 is 0 Å². The Kier molecular flexibility index (Phi) is 4.80. The minimum atomic E-state index is -0.186. The molecule has 0 bridgehead atoms. The number of benzene rings is 2. The zero-order valence-corrected chi connectivity index (χ0v) is 15.0. The molecule has 0 saturated carbocycles. The summed E-state index contributed by atoms with van der Waals surface area (Å²) in [5, 5.41) is 6.70. The predicted octanol–water partition coefficient (Wildman–Crippen LogP) is 4.14. The first-order valence-corrected chi connectivity index (χ1v) is 8.70. The van der Waals surface area contributed by atoms with Gasteiger partial charge in [-0.3, -0.25) is 4.79 Å². The minimum absolute atomic E-state index is 0.186. The second kappa shape index (κ2) is 7.55. The summed E-state index contributed by atoms with van der Waals surface area (Å²) in [5.74, 6) is 1.81. The van der Waals surface area contributed by atoms with Gasteiger partial charge >= 0.3 is 0 Å². The molecule has 0 radical (unpaired) electrons. The van der Waals surface area contributed by atoms with Gasteiger partial charge in [0.1, 0.15) is 5.82 Å². The maximum atomic E-state index is 12.5. The number of rotatable bonds is 5. The molecule has 2 aromatic carbocycles. The molecule has 0 fully saturated rings. The number of anilines is 2. The molecule has 0 aliphatic carbocycles. The summed E-state index contributed by atoms with van der Waals surface area (Å²) in [7, 11) is 0. The van der Waals surface area contributed by atoms with Gasteiger partial charge in [-0.1, -0.05) is 17.7 Å². The molecule has 2 N–H and O–H groups in total. The summed E-state index contributed by atoms with van der Waals surface area (Å²) < 4.78 is 10.6. The summed E-state index contributed by atoms with van der Waals surface area (Å²) in [5.41, 5.74) is 2.29. The first-order chi connectivity index (χ1) is 13.2. The fourth-order valence-corrected chi connectivity index (χ4v) is 2.78. The number of aromatic nitrogens is 1. The van der Waals surface area contributed by atoms with Crippen molar-refractivity contribution in [1.29, 1.82) is 0 Å². The Bertz CT molecular complexity index is 976. The average Bonchev–Trinajstić information content (AvgIpc) is 3.16. The van der Waals surface area contributed by atoms with E-state index in [9.17, 15) is 4.79 Å². The van der Waals surface area contributed by atoms with Crippen LogP contribution in [0.4, 0.5) is 11.5 Å². The zero-order chi connectivity index (χ0) is 18.6. The van der Waals surface area contributed by atoms with Gasteiger partial charge in [0.15, 0.2) is 11.5 Å². The van der Waals surface area contributed by atoms with E-state index in [-0.39, 0.29) is 12.7 Å². The number of halogens is 1. The maximum absolute atomic E-state index is 12.5. The molecule has 0 unspecified atom stereocenters. The molecule has 0 saturated heterocycles.